The number of piperidine rings is 1. The van der Waals surface area contributed by atoms with Gasteiger partial charge in [-0.25, -0.2) is 0 Å². The number of likely N-dealkylation sites (tertiary alicyclic amines) is 2. The van der Waals surface area contributed by atoms with Crippen LogP contribution in [-0.2, 0) is 0 Å². The molecule has 1 aromatic rings. The summed E-state index contributed by atoms with van der Waals surface area (Å²) in [5.41, 5.74) is 7.03. The summed E-state index contributed by atoms with van der Waals surface area (Å²) in [5, 5.41) is 0. The molecule has 2 saturated heterocycles. The third-order valence-corrected chi connectivity index (χ3v) is 4.89. The fourth-order valence-electron chi connectivity index (χ4n) is 3.57. The highest BCUT2D eigenvalue weighted by Crippen LogP contribution is 2.25. The Balaban J connectivity index is 1.62. The van der Waals surface area contributed by atoms with Crippen LogP contribution >= 0.6 is 0 Å². The number of anilines is 1. The zero-order valence-corrected chi connectivity index (χ0v) is 13.3. The minimum Gasteiger partial charge on any atom is -0.495 e. The average Bonchev–Trinajstić information content (AvgIpc) is 3.09. The van der Waals surface area contributed by atoms with E-state index in [0.29, 0.717) is 23.0 Å². The minimum atomic E-state index is 0.0816. The number of methoxy groups -OCH3 is 1. The molecule has 0 atom stereocenters. The Morgan fingerprint density at radius 1 is 1.18 bits per heavy atom. The number of hydrogen-bond donors (Lipinski definition) is 1. The van der Waals surface area contributed by atoms with Gasteiger partial charge in [-0.1, -0.05) is 0 Å². The summed E-state index contributed by atoms with van der Waals surface area (Å²) in [4.78, 5) is 17.2. The van der Waals surface area contributed by atoms with E-state index in [1.165, 1.54) is 25.9 Å². The molecule has 0 spiro atoms. The van der Waals surface area contributed by atoms with E-state index in [9.17, 15) is 4.79 Å². The van der Waals surface area contributed by atoms with Crippen molar-refractivity contribution in [3.8, 4) is 5.75 Å². The molecule has 22 heavy (non-hydrogen) atoms. The second-order valence-corrected chi connectivity index (χ2v) is 6.22. The van der Waals surface area contributed by atoms with E-state index < -0.39 is 0 Å². The lowest BCUT2D eigenvalue weighted by atomic mass is 10.0. The van der Waals surface area contributed by atoms with Gasteiger partial charge in [-0.2, -0.15) is 0 Å². The molecule has 0 bridgehead atoms. The van der Waals surface area contributed by atoms with Gasteiger partial charge in [0.2, 0.25) is 0 Å². The monoisotopic (exact) mass is 303 g/mol. The quantitative estimate of drug-likeness (QED) is 0.868. The van der Waals surface area contributed by atoms with Crippen molar-refractivity contribution in [2.75, 3.05) is 39.0 Å². The number of hydrogen-bond acceptors (Lipinski definition) is 4. The topological polar surface area (TPSA) is 58.8 Å². The van der Waals surface area contributed by atoms with Gasteiger partial charge >= 0.3 is 0 Å². The second kappa shape index (κ2) is 6.57. The van der Waals surface area contributed by atoms with Crippen molar-refractivity contribution in [3.05, 3.63) is 23.8 Å². The van der Waals surface area contributed by atoms with Crippen LogP contribution in [0.1, 0.15) is 36.0 Å². The number of amides is 1. The molecule has 120 valence electrons. The van der Waals surface area contributed by atoms with Crippen LogP contribution in [0.2, 0.25) is 0 Å². The lowest BCUT2D eigenvalue weighted by Crippen LogP contribution is -2.45. The van der Waals surface area contributed by atoms with Crippen LogP contribution in [0, 0.1) is 0 Å². The lowest BCUT2D eigenvalue weighted by molar-refractivity contribution is 0.0644. The van der Waals surface area contributed by atoms with E-state index in [2.05, 4.69) is 4.90 Å². The van der Waals surface area contributed by atoms with Gasteiger partial charge in [0, 0.05) is 24.7 Å². The van der Waals surface area contributed by atoms with Crippen LogP contribution in [0.25, 0.3) is 0 Å². The molecule has 0 saturated carbocycles. The predicted octanol–water partition coefficient (Wildman–Crippen LogP) is 1.98. The Labute approximate surface area is 132 Å². The van der Waals surface area contributed by atoms with Crippen LogP contribution in [-0.4, -0.2) is 55.0 Å². The van der Waals surface area contributed by atoms with E-state index >= 15 is 0 Å². The summed E-state index contributed by atoms with van der Waals surface area (Å²) in [7, 11) is 1.57. The number of ether oxygens (including phenoxy) is 1. The molecule has 0 aromatic heterocycles. The Kier molecular flexibility index (Phi) is 4.52. The smallest absolute Gasteiger partial charge is 0.253 e. The summed E-state index contributed by atoms with van der Waals surface area (Å²) >= 11 is 0. The molecule has 2 aliphatic rings. The van der Waals surface area contributed by atoms with E-state index in [4.69, 9.17) is 10.5 Å². The first kappa shape index (κ1) is 15.2. The summed E-state index contributed by atoms with van der Waals surface area (Å²) in [6, 6.07) is 5.92. The zero-order valence-electron chi connectivity index (χ0n) is 13.3. The molecule has 2 heterocycles. The maximum absolute atomic E-state index is 12.6. The Hall–Kier alpha value is -1.75. The number of carbonyl (C=O) groups is 1. The largest absolute Gasteiger partial charge is 0.495 e. The van der Waals surface area contributed by atoms with Crippen LogP contribution in [0.3, 0.4) is 0 Å². The summed E-state index contributed by atoms with van der Waals surface area (Å²) in [6.07, 6.45) is 4.81. The molecule has 0 radical (unpaired) electrons. The first-order valence-corrected chi connectivity index (χ1v) is 8.16. The number of nitrogen functional groups attached to an aromatic ring is 1. The normalized spacial score (nSPS) is 20.3. The molecule has 2 aliphatic heterocycles. The molecule has 0 unspecified atom stereocenters. The fourth-order valence-corrected chi connectivity index (χ4v) is 3.57. The Bertz CT molecular complexity index is 533. The van der Waals surface area contributed by atoms with Crippen molar-refractivity contribution in [1.29, 1.82) is 0 Å². The van der Waals surface area contributed by atoms with Crippen LogP contribution in [0.4, 0.5) is 5.69 Å². The number of carbonyl (C=O) groups excluding carboxylic acids is 1. The van der Waals surface area contributed by atoms with E-state index in [1.807, 2.05) is 4.90 Å². The third kappa shape index (κ3) is 3.04. The maximum Gasteiger partial charge on any atom is 0.253 e. The molecule has 5 heteroatoms. The highest BCUT2D eigenvalue weighted by molar-refractivity contribution is 5.95. The van der Waals surface area contributed by atoms with E-state index in [-0.39, 0.29) is 5.91 Å². The Morgan fingerprint density at radius 3 is 2.50 bits per heavy atom. The SMILES string of the molecule is COc1cc(C(=O)N2CCC(N3CCCC3)CC2)ccc1N. The van der Waals surface area contributed by atoms with Crippen molar-refractivity contribution < 1.29 is 9.53 Å². The number of nitrogens with two attached hydrogens (primary N) is 1. The number of nitrogens with zero attached hydrogens (tertiary/aromatic N) is 2. The van der Waals surface area contributed by atoms with Gasteiger partial charge in [-0.3, -0.25) is 4.79 Å². The van der Waals surface area contributed by atoms with Gasteiger partial charge in [0.25, 0.3) is 5.91 Å². The van der Waals surface area contributed by atoms with Crippen LogP contribution in [0.15, 0.2) is 18.2 Å². The van der Waals surface area contributed by atoms with Gasteiger partial charge in [0.15, 0.2) is 0 Å². The Morgan fingerprint density at radius 2 is 1.86 bits per heavy atom. The van der Waals surface area contributed by atoms with Crippen LogP contribution < -0.4 is 10.5 Å². The molecule has 0 aliphatic carbocycles. The zero-order chi connectivity index (χ0) is 15.5. The van der Waals surface area contributed by atoms with Gasteiger partial charge in [0.1, 0.15) is 5.75 Å². The molecule has 3 rings (SSSR count). The molecule has 2 N–H and O–H groups in total. The van der Waals surface area contributed by atoms with Crippen molar-refractivity contribution in [3.63, 3.8) is 0 Å². The highest BCUT2D eigenvalue weighted by Gasteiger charge is 2.28. The standard InChI is InChI=1S/C17H25N3O2/c1-22-16-12-13(4-5-15(16)18)17(21)20-10-6-14(7-11-20)19-8-2-3-9-19/h4-5,12,14H,2-3,6-11,18H2,1H3. The van der Waals surface area contributed by atoms with Gasteiger partial charge in [-0.15, -0.1) is 0 Å². The van der Waals surface area contributed by atoms with Gasteiger partial charge in [0.05, 0.1) is 12.8 Å². The lowest BCUT2D eigenvalue weighted by Gasteiger charge is -2.36. The third-order valence-electron chi connectivity index (χ3n) is 4.89. The van der Waals surface area contributed by atoms with Gasteiger partial charge < -0.3 is 20.3 Å². The summed E-state index contributed by atoms with van der Waals surface area (Å²) in [6.45, 7) is 4.14. The number of benzene rings is 1. The molecule has 5 nitrogen and oxygen atoms in total. The molecule has 1 amide bonds. The van der Waals surface area contributed by atoms with Crippen molar-refractivity contribution >= 4 is 11.6 Å². The van der Waals surface area contributed by atoms with Crippen molar-refractivity contribution in [2.24, 2.45) is 0 Å². The molecule has 2 fully saturated rings. The molecule has 1 aromatic carbocycles. The number of rotatable bonds is 3. The summed E-state index contributed by atoms with van der Waals surface area (Å²) < 4.78 is 5.21. The maximum atomic E-state index is 12.6. The predicted molar refractivity (Wildman–Crippen MR) is 87.1 cm³/mol. The first-order valence-electron chi connectivity index (χ1n) is 8.16. The van der Waals surface area contributed by atoms with E-state index in [0.717, 1.165) is 25.9 Å². The minimum absolute atomic E-state index is 0.0816. The fraction of sp³-hybridized carbons (Fsp3) is 0.588. The first-order chi connectivity index (χ1) is 10.7. The summed E-state index contributed by atoms with van der Waals surface area (Å²) in [5.74, 6) is 0.649. The second-order valence-electron chi connectivity index (χ2n) is 6.22. The average molecular weight is 303 g/mol. The van der Waals surface area contributed by atoms with Crippen LogP contribution in [0.5, 0.6) is 5.75 Å². The van der Waals surface area contributed by atoms with E-state index in [1.54, 1.807) is 25.3 Å². The molecular weight excluding hydrogens is 278 g/mol. The molecular formula is C17H25N3O2. The van der Waals surface area contributed by atoms with Crippen molar-refractivity contribution in [2.45, 2.75) is 31.7 Å². The highest BCUT2D eigenvalue weighted by atomic mass is 16.5. The van der Waals surface area contributed by atoms with Crippen molar-refractivity contribution in [1.82, 2.24) is 9.80 Å². The van der Waals surface area contributed by atoms with Gasteiger partial charge in [-0.05, 0) is 57.0 Å².